The van der Waals surface area contributed by atoms with Crippen LogP contribution in [-0.4, -0.2) is 10.2 Å². The molecule has 0 radical (unpaired) electrons. The Balaban J connectivity index is 1.67. The van der Waals surface area contributed by atoms with E-state index in [-0.39, 0.29) is 11.6 Å². The molecule has 4 bridgehead atoms. The van der Waals surface area contributed by atoms with Gasteiger partial charge in [0.25, 0.3) is 5.56 Å². The normalized spacial score (nSPS) is 40.0. The van der Waals surface area contributed by atoms with Crippen LogP contribution in [0.15, 0.2) is 10.9 Å². The highest BCUT2D eigenvalue weighted by Gasteiger charge is 2.50. The van der Waals surface area contributed by atoms with Crippen molar-refractivity contribution in [2.75, 3.05) is 0 Å². The van der Waals surface area contributed by atoms with Crippen LogP contribution in [0.4, 0.5) is 0 Å². The summed E-state index contributed by atoms with van der Waals surface area (Å²) in [6.07, 6.45) is 6.81. The van der Waals surface area contributed by atoms with E-state index < -0.39 is 0 Å². The zero-order chi connectivity index (χ0) is 13.9. The molecule has 4 heteroatoms. The highest BCUT2D eigenvalue weighted by atomic mass is 16.1. The largest absolute Gasteiger partial charge is 0.324 e. The van der Waals surface area contributed by atoms with Crippen LogP contribution < -0.4 is 11.3 Å². The van der Waals surface area contributed by atoms with Gasteiger partial charge >= 0.3 is 0 Å². The average molecular weight is 273 g/mol. The molecule has 0 aliphatic heterocycles. The van der Waals surface area contributed by atoms with Crippen LogP contribution >= 0.6 is 0 Å². The molecule has 4 fully saturated rings. The van der Waals surface area contributed by atoms with Crippen molar-refractivity contribution in [3.8, 4) is 0 Å². The second kappa shape index (κ2) is 4.42. The number of hydrogen-bond acceptors (Lipinski definition) is 3. The molecular weight excluding hydrogens is 250 g/mol. The van der Waals surface area contributed by atoms with E-state index in [0.717, 1.165) is 34.9 Å². The summed E-state index contributed by atoms with van der Waals surface area (Å²) in [4.78, 5) is 12.1. The number of nitrogens with zero attached hydrogens (tertiary/aromatic N) is 1. The Hall–Kier alpha value is -1.16. The van der Waals surface area contributed by atoms with Crippen LogP contribution in [0.5, 0.6) is 0 Å². The zero-order valence-electron chi connectivity index (χ0n) is 12.0. The van der Waals surface area contributed by atoms with E-state index in [2.05, 4.69) is 10.2 Å². The monoisotopic (exact) mass is 273 g/mol. The van der Waals surface area contributed by atoms with E-state index in [9.17, 15) is 4.79 Å². The maximum absolute atomic E-state index is 12.1. The predicted octanol–water partition coefficient (Wildman–Crippen LogP) is 2.15. The first-order valence-electron chi connectivity index (χ1n) is 7.93. The molecule has 1 aromatic heterocycles. The van der Waals surface area contributed by atoms with Crippen molar-refractivity contribution in [2.24, 2.45) is 35.3 Å². The van der Waals surface area contributed by atoms with Crippen LogP contribution in [-0.2, 0) is 0 Å². The van der Waals surface area contributed by atoms with E-state index >= 15 is 0 Å². The van der Waals surface area contributed by atoms with Gasteiger partial charge in [0, 0.05) is 11.6 Å². The molecule has 5 rings (SSSR count). The minimum Gasteiger partial charge on any atom is -0.324 e. The number of aryl methyl sites for hydroxylation is 1. The van der Waals surface area contributed by atoms with E-state index in [1.165, 1.54) is 32.1 Å². The number of aromatic amines is 1. The van der Waals surface area contributed by atoms with Crippen LogP contribution in [0.25, 0.3) is 0 Å². The van der Waals surface area contributed by atoms with Crippen molar-refractivity contribution >= 4 is 0 Å². The van der Waals surface area contributed by atoms with Crippen LogP contribution in [0.2, 0.25) is 0 Å². The lowest BCUT2D eigenvalue weighted by Gasteiger charge is -2.56. The molecule has 0 saturated heterocycles. The van der Waals surface area contributed by atoms with Gasteiger partial charge in [-0.3, -0.25) is 4.79 Å². The van der Waals surface area contributed by atoms with E-state index in [1.807, 2.05) is 13.0 Å². The van der Waals surface area contributed by atoms with Crippen molar-refractivity contribution in [3.05, 3.63) is 27.7 Å². The van der Waals surface area contributed by atoms with Gasteiger partial charge < -0.3 is 5.73 Å². The van der Waals surface area contributed by atoms with Gasteiger partial charge in [-0.2, -0.15) is 5.10 Å². The molecule has 20 heavy (non-hydrogen) atoms. The van der Waals surface area contributed by atoms with Gasteiger partial charge in [0.05, 0.1) is 5.69 Å². The number of H-pyrrole nitrogens is 1. The Morgan fingerprint density at radius 1 is 1.20 bits per heavy atom. The van der Waals surface area contributed by atoms with Crippen molar-refractivity contribution in [1.82, 2.24) is 10.2 Å². The summed E-state index contributed by atoms with van der Waals surface area (Å²) in [7, 11) is 0. The fourth-order valence-electron chi connectivity index (χ4n) is 5.53. The van der Waals surface area contributed by atoms with Gasteiger partial charge in [0.1, 0.15) is 0 Å². The molecule has 1 atom stereocenters. The topological polar surface area (TPSA) is 71.8 Å². The SMILES string of the molecule is Cc1cc(C(N)C2C3CC4CC(C3)CC2C4)c(=O)[nH]n1. The Kier molecular flexibility index (Phi) is 2.78. The van der Waals surface area contributed by atoms with Crippen molar-refractivity contribution in [2.45, 2.75) is 45.1 Å². The first kappa shape index (κ1) is 12.6. The molecule has 3 N–H and O–H groups in total. The molecule has 4 aliphatic rings. The standard InChI is InChI=1S/C16H23N3O/c1-8-2-13(16(20)19-18-8)15(17)14-11-4-9-3-10(6-11)7-12(14)5-9/h2,9-12,14-15H,3-7,17H2,1H3,(H,19,20). The summed E-state index contributed by atoms with van der Waals surface area (Å²) in [5.74, 6) is 3.88. The van der Waals surface area contributed by atoms with Crippen LogP contribution in [0.1, 0.15) is 49.4 Å². The van der Waals surface area contributed by atoms with Crippen LogP contribution in [0.3, 0.4) is 0 Å². The second-order valence-electron chi connectivity index (χ2n) is 7.33. The quantitative estimate of drug-likeness (QED) is 0.867. The lowest BCUT2D eigenvalue weighted by atomic mass is 9.50. The maximum Gasteiger partial charge on any atom is 0.268 e. The summed E-state index contributed by atoms with van der Waals surface area (Å²) in [5.41, 5.74) is 8.03. The third-order valence-corrected chi connectivity index (χ3v) is 6.03. The van der Waals surface area contributed by atoms with Crippen molar-refractivity contribution in [1.29, 1.82) is 0 Å². The summed E-state index contributed by atoms with van der Waals surface area (Å²) in [5, 5.41) is 6.55. The number of nitrogens with two attached hydrogens (primary N) is 1. The first-order valence-corrected chi connectivity index (χ1v) is 7.93. The molecule has 4 nitrogen and oxygen atoms in total. The maximum atomic E-state index is 12.1. The molecule has 1 aromatic rings. The van der Waals surface area contributed by atoms with Gasteiger partial charge in [-0.1, -0.05) is 0 Å². The molecule has 0 spiro atoms. The minimum atomic E-state index is -0.115. The fraction of sp³-hybridized carbons (Fsp3) is 0.750. The van der Waals surface area contributed by atoms with E-state index in [1.54, 1.807) is 0 Å². The van der Waals surface area contributed by atoms with Gasteiger partial charge in [-0.15, -0.1) is 0 Å². The summed E-state index contributed by atoms with van der Waals surface area (Å²) in [6, 6.07) is 1.77. The lowest BCUT2D eigenvalue weighted by molar-refractivity contribution is -0.0473. The van der Waals surface area contributed by atoms with Gasteiger partial charge in [-0.05, 0) is 74.7 Å². The number of nitrogens with one attached hydrogen (secondary N) is 1. The molecule has 1 unspecified atom stereocenters. The number of rotatable bonds is 2. The second-order valence-corrected chi connectivity index (χ2v) is 7.33. The van der Waals surface area contributed by atoms with Gasteiger partial charge in [0.2, 0.25) is 0 Å². The molecule has 1 heterocycles. The van der Waals surface area contributed by atoms with E-state index in [4.69, 9.17) is 5.73 Å². The fourth-order valence-corrected chi connectivity index (χ4v) is 5.53. The molecule has 4 saturated carbocycles. The van der Waals surface area contributed by atoms with Crippen molar-refractivity contribution < 1.29 is 0 Å². The summed E-state index contributed by atoms with van der Waals surface area (Å²) < 4.78 is 0. The molecule has 0 amide bonds. The molecule has 0 aromatic carbocycles. The smallest absolute Gasteiger partial charge is 0.268 e. The molecular formula is C16H23N3O. The first-order chi connectivity index (χ1) is 9.61. The van der Waals surface area contributed by atoms with E-state index in [0.29, 0.717) is 5.92 Å². The Bertz CT molecular complexity index is 551. The third kappa shape index (κ3) is 1.85. The Labute approximate surface area is 119 Å². The zero-order valence-corrected chi connectivity index (χ0v) is 12.0. The average Bonchev–Trinajstić information content (AvgIpc) is 2.40. The van der Waals surface area contributed by atoms with Gasteiger partial charge in [-0.25, -0.2) is 5.10 Å². The highest BCUT2D eigenvalue weighted by Crippen LogP contribution is 2.58. The summed E-state index contributed by atoms with van der Waals surface area (Å²) in [6.45, 7) is 1.91. The molecule has 108 valence electrons. The Morgan fingerprint density at radius 2 is 1.80 bits per heavy atom. The van der Waals surface area contributed by atoms with Gasteiger partial charge in [0.15, 0.2) is 0 Å². The highest BCUT2D eigenvalue weighted by molar-refractivity contribution is 5.19. The number of hydrogen-bond donors (Lipinski definition) is 2. The molecule has 4 aliphatic carbocycles. The summed E-state index contributed by atoms with van der Waals surface area (Å²) >= 11 is 0. The predicted molar refractivity (Wildman–Crippen MR) is 77.1 cm³/mol. The van der Waals surface area contributed by atoms with Crippen LogP contribution in [0, 0.1) is 36.5 Å². The third-order valence-electron chi connectivity index (χ3n) is 6.03. The Morgan fingerprint density at radius 3 is 2.40 bits per heavy atom. The van der Waals surface area contributed by atoms with Crippen molar-refractivity contribution in [3.63, 3.8) is 0 Å². The number of aromatic nitrogens is 2. The lowest BCUT2D eigenvalue weighted by Crippen LogP contribution is -2.49. The minimum absolute atomic E-state index is 0.100.